The maximum atomic E-state index is 11.2. The SMILES string of the molecule is N#C/C(=C\c1cnc(-c2ccc(-c3ncc(-c4ccc(N(c5ccccc5)c5ccccc5)cc4)s3)c3nsnc23)s1)C(=O)O. The Morgan fingerprint density at radius 2 is 1.29 bits per heavy atom. The highest BCUT2D eigenvalue weighted by Gasteiger charge is 2.19. The number of benzene rings is 4. The standard InChI is InChI=1S/C34H20N6O2S3/c35-18-22(34(41)42)17-26-19-36-32(43-26)27-15-16-28(31-30(27)38-45-39-31)33-37-20-29(44-33)21-11-13-25(14-12-21)40(23-7-3-1-4-8-23)24-9-5-2-6-10-24/h1-17,19-20H,(H,41,42)/b22-17+. The second-order valence-corrected chi connectivity index (χ2v) is 12.4. The molecule has 4 aromatic carbocycles. The van der Waals surface area contributed by atoms with E-state index in [1.807, 2.05) is 54.7 Å². The number of thiazole rings is 2. The summed E-state index contributed by atoms with van der Waals surface area (Å²) in [5.74, 6) is -1.28. The van der Waals surface area contributed by atoms with Crippen molar-refractivity contribution in [2.75, 3.05) is 4.90 Å². The molecule has 0 fully saturated rings. The van der Waals surface area contributed by atoms with Crippen molar-refractivity contribution >= 4 is 74.5 Å². The lowest BCUT2D eigenvalue weighted by molar-refractivity contribution is -0.132. The van der Waals surface area contributed by atoms with Gasteiger partial charge in [-0.05, 0) is 60.2 Å². The first kappa shape index (κ1) is 28.2. The number of carboxylic acids is 1. The van der Waals surface area contributed by atoms with E-state index in [2.05, 4.69) is 67.2 Å². The Hall–Kier alpha value is -5.54. The van der Waals surface area contributed by atoms with Gasteiger partial charge in [-0.2, -0.15) is 14.0 Å². The molecule has 0 aliphatic heterocycles. The van der Waals surface area contributed by atoms with Crippen LogP contribution in [0.4, 0.5) is 17.1 Å². The van der Waals surface area contributed by atoms with Crippen molar-refractivity contribution in [2.45, 2.75) is 0 Å². The van der Waals surface area contributed by atoms with Gasteiger partial charge in [0.2, 0.25) is 0 Å². The van der Waals surface area contributed by atoms with Crippen LogP contribution < -0.4 is 4.90 Å². The molecular weight excluding hydrogens is 621 g/mol. The number of aliphatic carboxylic acids is 1. The quantitative estimate of drug-likeness (QED) is 0.129. The van der Waals surface area contributed by atoms with E-state index in [9.17, 15) is 9.90 Å². The van der Waals surface area contributed by atoms with Crippen LogP contribution in [-0.4, -0.2) is 29.8 Å². The van der Waals surface area contributed by atoms with E-state index in [0.29, 0.717) is 15.4 Å². The highest BCUT2D eigenvalue weighted by Crippen LogP contribution is 2.40. The van der Waals surface area contributed by atoms with Gasteiger partial charge in [-0.3, -0.25) is 0 Å². The summed E-state index contributed by atoms with van der Waals surface area (Å²) in [4.78, 5) is 24.3. The fourth-order valence-electron chi connectivity index (χ4n) is 4.88. The summed E-state index contributed by atoms with van der Waals surface area (Å²) in [6.45, 7) is 0. The minimum Gasteiger partial charge on any atom is -0.477 e. The van der Waals surface area contributed by atoms with E-state index < -0.39 is 5.97 Å². The van der Waals surface area contributed by atoms with Gasteiger partial charge >= 0.3 is 5.97 Å². The lowest BCUT2D eigenvalue weighted by Crippen LogP contribution is -2.09. The lowest BCUT2D eigenvalue weighted by Gasteiger charge is -2.25. The molecule has 0 radical (unpaired) electrons. The Labute approximate surface area is 269 Å². The van der Waals surface area contributed by atoms with Gasteiger partial charge in [-0.1, -0.05) is 48.5 Å². The number of hydrogen-bond acceptors (Lipinski definition) is 10. The summed E-state index contributed by atoms with van der Waals surface area (Å²) in [7, 11) is 0. The molecule has 0 atom stereocenters. The third kappa shape index (κ3) is 5.61. The number of aromatic nitrogens is 4. The number of carboxylic acid groups (broad SMARTS) is 1. The van der Waals surface area contributed by atoms with Crippen molar-refractivity contribution in [3.05, 3.63) is 120 Å². The first-order valence-corrected chi connectivity index (χ1v) is 16.0. The number of fused-ring (bicyclic) bond motifs is 1. The molecule has 1 N–H and O–H groups in total. The Bertz CT molecular complexity index is 2180. The van der Waals surface area contributed by atoms with Crippen molar-refractivity contribution in [1.82, 2.24) is 18.7 Å². The molecule has 45 heavy (non-hydrogen) atoms. The van der Waals surface area contributed by atoms with Crippen LogP contribution in [0.25, 0.3) is 48.7 Å². The van der Waals surface area contributed by atoms with Gasteiger partial charge in [0.25, 0.3) is 0 Å². The highest BCUT2D eigenvalue weighted by atomic mass is 32.1. The molecule has 0 aliphatic carbocycles. The van der Waals surface area contributed by atoms with Gasteiger partial charge in [0.1, 0.15) is 32.7 Å². The molecular formula is C34H20N6O2S3. The normalized spacial score (nSPS) is 11.4. The summed E-state index contributed by atoms with van der Waals surface area (Å²) in [5.41, 5.74) is 7.03. The summed E-state index contributed by atoms with van der Waals surface area (Å²) in [5, 5.41) is 19.8. The topological polar surface area (TPSA) is 116 Å². The summed E-state index contributed by atoms with van der Waals surface area (Å²) >= 11 is 3.99. The minimum atomic E-state index is -1.28. The summed E-state index contributed by atoms with van der Waals surface area (Å²) < 4.78 is 9.12. The molecule has 7 aromatic rings. The number of nitriles is 1. The average Bonchev–Trinajstić information content (AvgIpc) is 3.86. The van der Waals surface area contributed by atoms with E-state index in [1.54, 1.807) is 23.6 Å². The highest BCUT2D eigenvalue weighted by molar-refractivity contribution is 7.18. The number of hydrogen-bond donors (Lipinski definition) is 1. The van der Waals surface area contributed by atoms with Crippen molar-refractivity contribution < 1.29 is 9.90 Å². The molecule has 8 nitrogen and oxygen atoms in total. The zero-order valence-electron chi connectivity index (χ0n) is 23.2. The van der Waals surface area contributed by atoms with E-state index in [1.165, 1.54) is 17.4 Å². The second-order valence-electron chi connectivity index (χ2n) is 9.75. The summed E-state index contributed by atoms with van der Waals surface area (Å²) in [6.07, 6.45) is 4.76. The maximum absolute atomic E-state index is 11.2. The van der Waals surface area contributed by atoms with Gasteiger partial charge in [0, 0.05) is 45.5 Å². The smallest absolute Gasteiger partial charge is 0.346 e. The third-order valence-corrected chi connectivity index (χ3v) is 9.57. The zero-order valence-corrected chi connectivity index (χ0v) is 25.7. The molecule has 7 rings (SSSR count). The molecule has 0 amide bonds. The lowest BCUT2D eigenvalue weighted by atomic mass is 10.1. The molecule has 0 spiro atoms. The average molecular weight is 641 g/mol. The van der Waals surface area contributed by atoms with Crippen LogP contribution in [0.3, 0.4) is 0 Å². The van der Waals surface area contributed by atoms with Crippen LogP contribution in [0.15, 0.2) is 115 Å². The molecule has 0 saturated heterocycles. The van der Waals surface area contributed by atoms with Crippen LogP contribution in [-0.2, 0) is 4.79 Å². The number of rotatable bonds is 8. The number of nitrogens with zero attached hydrogens (tertiary/aromatic N) is 6. The first-order chi connectivity index (χ1) is 22.1. The van der Waals surface area contributed by atoms with E-state index in [-0.39, 0.29) is 5.57 Å². The largest absolute Gasteiger partial charge is 0.477 e. The summed E-state index contributed by atoms with van der Waals surface area (Å²) in [6, 6.07) is 34.7. The number of para-hydroxylation sites is 2. The zero-order chi connectivity index (χ0) is 30.8. The molecule has 0 saturated carbocycles. The molecule has 3 heterocycles. The molecule has 11 heteroatoms. The van der Waals surface area contributed by atoms with Crippen molar-refractivity contribution in [3.63, 3.8) is 0 Å². The van der Waals surface area contributed by atoms with Crippen LogP contribution in [0.1, 0.15) is 4.88 Å². The van der Waals surface area contributed by atoms with E-state index in [4.69, 9.17) is 10.2 Å². The fraction of sp³-hybridized carbons (Fsp3) is 0. The Morgan fingerprint density at radius 3 is 1.87 bits per heavy atom. The van der Waals surface area contributed by atoms with Crippen molar-refractivity contribution in [1.29, 1.82) is 5.26 Å². The molecule has 216 valence electrons. The van der Waals surface area contributed by atoms with Crippen LogP contribution >= 0.6 is 34.4 Å². The molecule has 0 bridgehead atoms. The van der Waals surface area contributed by atoms with Gasteiger partial charge in [0.05, 0.1) is 16.6 Å². The van der Waals surface area contributed by atoms with Gasteiger partial charge in [-0.15, -0.1) is 22.7 Å². The minimum absolute atomic E-state index is 0.347. The second kappa shape index (κ2) is 12.2. The fourth-order valence-corrected chi connectivity index (χ4v) is 7.29. The third-order valence-electron chi connectivity index (χ3n) is 6.98. The van der Waals surface area contributed by atoms with Crippen LogP contribution in [0.5, 0.6) is 0 Å². The van der Waals surface area contributed by atoms with Gasteiger partial charge in [0.15, 0.2) is 0 Å². The first-order valence-electron chi connectivity index (χ1n) is 13.6. The predicted octanol–water partition coefficient (Wildman–Crippen LogP) is 9.07. The van der Waals surface area contributed by atoms with E-state index in [0.717, 1.165) is 60.9 Å². The number of anilines is 3. The Kier molecular flexibility index (Phi) is 7.67. The maximum Gasteiger partial charge on any atom is 0.346 e. The van der Waals surface area contributed by atoms with Crippen molar-refractivity contribution in [3.8, 4) is 37.7 Å². The van der Waals surface area contributed by atoms with Gasteiger partial charge in [-0.25, -0.2) is 14.8 Å². The molecule has 3 aromatic heterocycles. The molecule has 0 unspecified atom stereocenters. The Morgan fingerprint density at radius 1 is 0.733 bits per heavy atom. The van der Waals surface area contributed by atoms with Crippen LogP contribution in [0, 0.1) is 11.3 Å². The predicted molar refractivity (Wildman–Crippen MR) is 181 cm³/mol. The Balaban J connectivity index is 1.18. The monoisotopic (exact) mass is 640 g/mol. The van der Waals surface area contributed by atoms with E-state index >= 15 is 0 Å². The van der Waals surface area contributed by atoms with Gasteiger partial charge < -0.3 is 10.0 Å². The van der Waals surface area contributed by atoms with Crippen molar-refractivity contribution in [2.24, 2.45) is 0 Å². The van der Waals surface area contributed by atoms with Crippen LogP contribution in [0.2, 0.25) is 0 Å². The molecule has 0 aliphatic rings. The number of carbonyl (C=O) groups is 1.